The van der Waals surface area contributed by atoms with Crippen LogP contribution in [0.25, 0.3) is 0 Å². The van der Waals surface area contributed by atoms with Gasteiger partial charge in [-0.25, -0.2) is 0 Å². The Hall–Kier alpha value is -1.56. The van der Waals surface area contributed by atoms with Crippen molar-refractivity contribution in [2.75, 3.05) is 25.9 Å². The first-order valence-corrected chi connectivity index (χ1v) is 5.45. The van der Waals surface area contributed by atoms with Crippen molar-refractivity contribution in [3.05, 3.63) is 11.9 Å². The van der Waals surface area contributed by atoms with Gasteiger partial charge in [-0.2, -0.15) is 5.10 Å². The van der Waals surface area contributed by atoms with Crippen LogP contribution in [0.15, 0.2) is 6.20 Å². The molecule has 1 atom stereocenters. The first-order valence-electron chi connectivity index (χ1n) is 5.45. The molecule has 2 heterocycles. The van der Waals surface area contributed by atoms with Gasteiger partial charge >= 0.3 is 0 Å². The minimum Gasteiger partial charge on any atom is -0.396 e. The number of hydrogen-bond donors (Lipinski definition) is 3. The zero-order valence-corrected chi connectivity index (χ0v) is 9.36. The van der Waals surface area contributed by atoms with Gasteiger partial charge in [0, 0.05) is 12.6 Å². The molecule has 0 saturated carbocycles. The molecule has 0 bridgehead atoms. The molecule has 1 fully saturated rings. The molecule has 2 rings (SSSR count). The smallest absolute Gasteiger partial charge is 0.271 e. The molecule has 88 valence electrons. The maximum absolute atomic E-state index is 11.8. The minimum absolute atomic E-state index is 0.171. The highest BCUT2D eigenvalue weighted by atomic mass is 16.2. The van der Waals surface area contributed by atoms with Crippen LogP contribution in [-0.4, -0.2) is 47.2 Å². The summed E-state index contributed by atoms with van der Waals surface area (Å²) < 4.78 is 0. The molecular formula is C10H17N5O. The maximum Gasteiger partial charge on any atom is 0.271 e. The molecular weight excluding hydrogens is 206 g/mol. The summed E-state index contributed by atoms with van der Waals surface area (Å²) in [5.41, 5.74) is 6.35. The fraction of sp³-hybridized carbons (Fsp3) is 0.600. The van der Waals surface area contributed by atoms with E-state index in [0.717, 1.165) is 25.9 Å². The van der Waals surface area contributed by atoms with Crippen molar-refractivity contribution in [2.45, 2.75) is 18.9 Å². The normalized spacial score (nSPS) is 21.9. The fourth-order valence-electron chi connectivity index (χ4n) is 2.02. The number of anilines is 1. The van der Waals surface area contributed by atoms with Crippen LogP contribution in [0.5, 0.6) is 0 Å². The number of aromatic nitrogens is 2. The average Bonchev–Trinajstić information content (AvgIpc) is 2.64. The van der Waals surface area contributed by atoms with E-state index in [9.17, 15) is 4.79 Å². The van der Waals surface area contributed by atoms with E-state index in [4.69, 9.17) is 5.73 Å². The quantitative estimate of drug-likeness (QED) is 0.649. The van der Waals surface area contributed by atoms with Gasteiger partial charge in [0.05, 0.1) is 11.9 Å². The molecule has 1 amide bonds. The zero-order valence-electron chi connectivity index (χ0n) is 9.36. The van der Waals surface area contributed by atoms with Crippen molar-refractivity contribution in [1.82, 2.24) is 20.4 Å². The van der Waals surface area contributed by atoms with Crippen LogP contribution in [0, 0.1) is 0 Å². The molecule has 0 aromatic carbocycles. The van der Waals surface area contributed by atoms with Crippen molar-refractivity contribution < 1.29 is 4.79 Å². The van der Waals surface area contributed by atoms with Crippen LogP contribution in [0.4, 0.5) is 5.69 Å². The lowest BCUT2D eigenvalue weighted by molar-refractivity contribution is 0.0908. The summed E-state index contributed by atoms with van der Waals surface area (Å²) in [5.74, 6) is -0.171. The molecule has 4 N–H and O–H groups in total. The third-order valence-corrected chi connectivity index (χ3v) is 2.86. The third kappa shape index (κ3) is 2.33. The summed E-state index contributed by atoms with van der Waals surface area (Å²) >= 11 is 0. The van der Waals surface area contributed by atoms with Gasteiger partial charge in [-0.15, -0.1) is 0 Å². The molecule has 1 aromatic heterocycles. The monoisotopic (exact) mass is 223 g/mol. The predicted molar refractivity (Wildman–Crippen MR) is 61.0 cm³/mol. The molecule has 6 nitrogen and oxygen atoms in total. The summed E-state index contributed by atoms with van der Waals surface area (Å²) in [6.07, 6.45) is 3.58. The summed E-state index contributed by atoms with van der Waals surface area (Å²) in [5, 5.41) is 9.30. The van der Waals surface area contributed by atoms with Crippen LogP contribution in [0.3, 0.4) is 0 Å². The Morgan fingerprint density at radius 3 is 3.19 bits per heavy atom. The number of piperidine rings is 1. The van der Waals surface area contributed by atoms with Gasteiger partial charge in [0.25, 0.3) is 5.91 Å². The van der Waals surface area contributed by atoms with E-state index in [1.807, 2.05) is 0 Å². The standard InChI is InChI=1S/C10H17N5O/c1-15-4-2-3-7(6-15)13-10(16)9-8(11)5-12-14-9/h5,7H,2-4,6,11H2,1H3,(H,12,14)(H,13,16). The van der Waals surface area contributed by atoms with Crippen molar-refractivity contribution in [2.24, 2.45) is 0 Å². The van der Waals surface area contributed by atoms with Crippen LogP contribution < -0.4 is 11.1 Å². The molecule has 6 heteroatoms. The summed E-state index contributed by atoms with van der Waals surface area (Å²) in [7, 11) is 2.06. The number of nitrogens with two attached hydrogens (primary N) is 1. The van der Waals surface area contributed by atoms with Gasteiger partial charge in [0.1, 0.15) is 5.69 Å². The van der Waals surface area contributed by atoms with Crippen molar-refractivity contribution >= 4 is 11.6 Å². The number of carbonyl (C=O) groups is 1. The lowest BCUT2D eigenvalue weighted by atomic mass is 10.1. The number of carbonyl (C=O) groups excluding carboxylic acids is 1. The summed E-state index contributed by atoms with van der Waals surface area (Å²) in [6, 6.07) is 0.203. The highest BCUT2D eigenvalue weighted by Crippen LogP contribution is 2.10. The molecule has 0 aliphatic carbocycles. The summed E-state index contributed by atoms with van der Waals surface area (Å²) in [6.45, 7) is 1.98. The van der Waals surface area contributed by atoms with E-state index in [0.29, 0.717) is 11.4 Å². The van der Waals surface area contributed by atoms with E-state index < -0.39 is 0 Å². The average molecular weight is 223 g/mol. The second kappa shape index (κ2) is 4.52. The topological polar surface area (TPSA) is 87.0 Å². The van der Waals surface area contributed by atoms with Gasteiger partial charge < -0.3 is 16.0 Å². The SMILES string of the molecule is CN1CCCC(NC(=O)c2[nH]ncc2N)C1. The Labute approximate surface area is 94.2 Å². The number of rotatable bonds is 2. The Balaban J connectivity index is 1.95. The van der Waals surface area contributed by atoms with Crippen LogP contribution >= 0.6 is 0 Å². The van der Waals surface area contributed by atoms with E-state index in [1.165, 1.54) is 6.20 Å². The fourth-order valence-corrected chi connectivity index (χ4v) is 2.02. The number of nitrogens with one attached hydrogen (secondary N) is 2. The van der Waals surface area contributed by atoms with Gasteiger partial charge in [-0.1, -0.05) is 0 Å². The van der Waals surface area contributed by atoms with Crippen molar-refractivity contribution in [3.63, 3.8) is 0 Å². The highest BCUT2D eigenvalue weighted by molar-refractivity contribution is 5.97. The van der Waals surface area contributed by atoms with Gasteiger partial charge in [0.15, 0.2) is 0 Å². The molecule has 1 unspecified atom stereocenters. The zero-order chi connectivity index (χ0) is 11.5. The van der Waals surface area contributed by atoms with E-state index in [1.54, 1.807) is 0 Å². The van der Waals surface area contributed by atoms with Crippen molar-refractivity contribution in [1.29, 1.82) is 0 Å². The van der Waals surface area contributed by atoms with Gasteiger partial charge in [-0.3, -0.25) is 9.89 Å². The van der Waals surface area contributed by atoms with Gasteiger partial charge in [0.2, 0.25) is 0 Å². The van der Waals surface area contributed by atoms with Gasteiger partial charge in [-0.05, 0) is 26.4 Å². The van der Waals surface area contributed by atoms with Crippen LogP contribution in [0.2, 0.25) is 0 Å². The number of nitrogens with zero attached hydrogens (tertiary/aromatic N) is 2. The molecule has 16 heavy (non-hydrogen) atoms. The molecule has 1 aromatic rings. The number of hydrogen-bond acceptors (Lipinski definition) is 4. The maximum atomic E-state index is 11.8. The Morgan fingerprint density at radius 2 is 2.56 bits per heavy atom. The number of nitrogen functional groups attached to an aromatic ring is 1. The molecule has 1 aliphatic rings. The highest BCUT2D eigenvalue weighted by Gasteiger charge is 2.21. The molecule has 1 saturated heterocycles. The number of likely N-dealkylation sites (tertiary alicyclic amines) is 1. The minimum atomic E-state index is -0.171. The third-order valence-electron chi connectivity index (χ3n) is 2.86. The molecule has 0 radical (unpaired) electrons. The van der Waals surface area contributed by atoms with Crippen molar-refractivity contribution in [3.8, 4) is 0 Å². The number of likely N-dealkylation sites (N-methyl/N-ethyl adjacent to an activating group) is 1. The number of H-pyrrole nitrogens is 1. The second-order valence-electron chi connectivity index (χ2n) is 4.28. The van der Waals surface area contributed by atoms with Crippen LogP contribution in [0.1, 0.15) is 23.3 Å². The van der Waals surface area contributed by atoms with E-state index in [-0.39, 0.29) is 11.9 Å². The summed E-state index contributed by atoms with van der Waals surface area (Å²) in [4.78, 5) is 14.0. The first-order chi connectivity index (χ1) is 7.66. The number of aromatic amines is 1. The van der Waals surface area contributed by atoms with E-state index >= 15 is 0 Å². The number of amides is 1. The first kappa shape index (κ1) is 10.9. The second-order valence-corrected chi connectivity index (χ2v) is 4.28. The lowest BCUT2D eigenvalue weighted by Crippen LogP contribution is -2.46. The lowest BCUT2D eigenvalue weighted by Gasteiger charge is -2.30. The largest absolute Gasteiger partial charge is 0.396 e. The Bertz CT molecular complexity index is 375. The molecule has 0 spiro atoms. The Kier molecular flexibility index (Phi) is 3.09. The predicted octanol–water partition coefficient (Wildman–Crippen LogP) is -0.184. The van der Waals surface area contributed by atoms with E-state index in [2.05, 4.69) is 27.5 Å². The van der Waals surface area contributed by atoms with Crippen LogP contribution in [-0.2, 0) is 0 Å². The Morgan fingerprint density at radius 1 is 1.75 bits per heavy atom. The molecule has 1 aliphatic heterocycles.